The number of carbonyl (C=O) groups is 1. The average molecular weight is 354 g/mol. The summed E-state index contributed by atoms with van der Waals surface area (Å²) in [7, 11) is -0.360. The van der Waals surface area contributed by atoms with Gasteiger partial charge < -0.3 is 9.88 Å². The Bertz CT molecular complexity index is 815. The van der Waals surface area contributed by atoms with Crippen LogP contribution < -0.4 is 10.0 Å². The van der Waals surface area contributed by atoms with Crippen LogP contribution in [0, 0.1) is 6.92 Å². The molecule has 9 heteroatoms. The summed E-state index contributed by atoms with van der Waals surface area (Å²) < 4.78 is 28.0. The zero-order valence-electron chi connectivity index (χ0n) is 13.0. The number of aryl methyl sites for hydroxylation is 2. The number of benzene rings is 1. The number of nitrogens with one attached hydrogen (secondary N) is 2. The Labute approximate surface area is 139 Å². The first kappa shape index (κ1) is 17.5. The minimum atomic E-state index is -3.56. The molecule has 0 fully saturated rings. The molecule has 0 bridgehead atoms. The summed E-state index contributed by atoms with van der Waals surface area (Å²) in [5.41, 5.74) is 1.05. The third-order valence-electron chi connectivity index (χ3n) is 3.14. The minimum Gasteiger partial charge on any atom is -0.329 e. The van der Waals surface area contributed by atoms with E-state index < -0.39 is 10.0 Å². The van der Waals surface area contributed by atoms with Gasteiger partial charge >= 0.3 is 0 Å². The number of thioether (sulfide) groups is 1. The first-order chi connectivity index (χ1) is 10.8. The van der Waals surface area contributed by atoms with Crippen LogP contribution in [0.5, 0.6) is 0 Å². The highest BCUT2D eigenvalue weighted by Gasteiger charge is 2.16. The van der Waals surface area contributed by atoms with E-state index in [0.29, 0.717) is 11.3 Å². The lowest BCUT2D eigenvalue weighted by Crippen LogP contribution is -2.20. The van der Waals surface area contributed by atoms with Gasteiger partial charge in [0, 0.05) is 25.1 Å². The maximum Gasteiger partial charge on any atom is 0.240 e. The number of rotatable bonds is 6. The van der Waals surface area contributed by atoms with Crippen LogP contribution in [-0.2, 0) is 21.9 Å². The molecule has 0 spiro atoms. The van der Waals surface area contributed by atoms with Crippen molar-refractivity contribution in [2.24, 2.45) is 7.05 Å². The average Bonchev–Trinajstić information content (AvgIpc) is 2.92. The van der Waals surface area contributed by atoms with Gasteiger partial charge in [0.05, 0.1) is 10.6 Å². The molecule has 1 heterocycles. The lowest BCUT2D eigenvalue weighted by molar-refractivity contribution is -0.113. The number of imidazole rings is 1. The molecule has 124 valence electrons. The van der Waals surface area contributed by atoms with Gasteiger partial charge in [0.2, 0.25) is 15.9 Å². The molecular formula is C14H18N4O3S2. The summed E-state index contributed by atoms with van der Waals surface area (Å²) in [6.07, 6.45) is 3.46. The predicted octanol–water partition coefficient (Wildman–Crippen LogP) is 1.37. The van der Waals surface area contributed by atoms with Gasteiger partial charge in [-0.05, 0) is 31.7 Å². The Hall–Kier alpha value is -1.84. The van der Waals surface area contributed by atoms with Crippen molar-refractivity contribution in [3.05, 3.63) is 36.2 Å². The van der Waals surface area contributed by atoms with Gasteiger partial charge in [-0.1, -0.05) is 17.8 Å². The van der Waals surface area contributed by atoms with E-state index in [2.05, 4.69) is 15.0 Å². The fourth-order valence-electron chi connectivity index (χ4n) is 1.90. The molecule has 0 aliphatic heterocycles. The number of hydrogen-bond donors (Lipinski definition) is 2. The minimum absolute atomic E-state index is 0.148. The smallest absolute Gasteiger partial charge is 0.240 e. The quantitative estimate of drug-likeness (QED) is 0.764. The predicted molar refractivity (Wildman–Crippen MR) is 90.0 cm³/mol. The van der Waals surface area contributed by atoms with Gasteiger partial charge in [-0.2, -0.15) is 0 Å². The number of aromatic nitrogens is 2. The van der Waals surface area contributed by atoms with Gasteiger partial charge in [-0.3, -0.25) is 4.79 Å². The molecule has 2 N–H and O–H groups in total. The van der Waals surface area contributed by atoms with Crippen molar-refractivity contribution in [2.75, 3.05) is 18.1 Å². The van der Waals surface area contributed by atoms with Crippen molar-refractivity contribution >= 4 is 33.4 Å². The number of nitrogens with zero attached hydrogens (tertiary/aromatic N) is 2. The maximum atomic E-state index is 12.0. The molecule has 0 saturated heterocycles. The van der Waals surface area contributed by atoms with E-state index in [1.807, 2.05) is 11.6 Å². The first-order valence-electron chi connectivity index (χ1n) is 6.77. The summed E-state index contributed by atoms with van der Waals surface area (Å²) >= 11 is 1.31. The van der Waals surface area contributed by atoms with Crippen molar-refractivity contribution in [1.82, 2.24) is 14.3 Å². The van der Waals surface area contributed by atoms with E-state index in [1.165, 1.54) is 24.9 Å². The molecule has 0 aliphatic carbocycles. The molecule has 7 nitrogen and oxygen atoms in total. The summed E-state index contributed by atoms with van der Waals surface area (Å²) in [5, 5.41) is 3.44. The van der Waals surface area contributed by atoms with Crippen molar-refractivity contribution in [3.8, 4) is 0 Å². The largest absolute Gasteiger partial charge is 0.329 e. The fraction of sp³-hybridized carbons (Fsp3) is 0.286. The van der Waals surface area contributed by atoms with E-state index in [4.69, 9.17) is 0 Å². The third kappa shape index (κ3) is 4.34. The summed E-state index contributed by atoms with van der Waals surface area (Å²) in [5.74, 6) is -0.0398. The topological polar surface area (TPSA) is 93.1 Å². The number of sulfonamides is 1. The van der Waals surface area contributed by atoms with Crippen LogP contribution >= 0.6 is 11.8 Å². The summed E-state index contributed by atoms with van der Waals surface area (Å²) in [4.78, 5) is 16.3. The van der Waals surface area contributed by atoms with E-state index >= 15 is 0 Å². The van der Waals surface area contributed by atoms with Gasteiger partial charge in [0.15, 0.2) is 5.16 Å². The third-order valence-corrected chi connectivity index (χ3v) is 5.75. The number of amides is 1. The Morgan fingerprint density at radius 2 is 2.13 bits per heavy atom. The zero-order chi connectivity index (χ0) is 17.0. The second kappa shape index (κ2) is 7.16. The highest BCUT2D eigenvalue weighted by Crippen LogP contribution is 2.21. The standard InChI is InChI=1S/C14H18N4O3S2/c1-10-4-5-11(8-12(10)23(20,21)15-2)17-13(19)9-22-14-16-6-7-18(14)3/h4-8,15H,9H2,1-3H3,(H,17,19). The molecule has 2 rings (SSSR count). The molecule has 0 saturated carbocycles. The maximum absolute atomic E-state index is 12.0. The second-order valence-electron chi connectivity index (χ2n) is 4.85. The Morgan fingerprint density at radius 3 is 2.74 bits per heavy atom. The zero-order valence-corrected chi connectivity index (χ0v) is 14.7. The molecule has 0 atom stereocenters. The van der Waals surface area contributed by atoms with Crippen molar-refractivity contribution in [1.29, 1.82) is 0 Å². The number of carbonyl (C=O) groups excluding carboxylic acids is 1. The SMILES string of the molecule is CNS(=O)(=O)c1cc(NC(=O)CSc2nccn2C)ccc1C. The Morgan fingerprint density at radius 1 is 1.39 bits per heavy atom. The highest BCUT2D eigenvalue weighted by atomic mass is 32.2. The van der Waals surface area contributed by atoms with Crippen LogP contribution in [0.4, 0.5) is 5.69 Å². The molecule has 23 heavy (non-hydrogen) atoms. The van der Waals surface area contributed by atoms with Crippen molar-refractivity contribution in [2.45, 2.75) is 17.0 Å². The van der Waals surface area contributed by atoms with E-state index in [0.717, 1.165) is 5.16 Å². The molecule has 1 amide bonds. The monoisotopic (exact) mass is 354 g/mol. The van der Waals surface area contributed by atoms with Crippen molar-refractivity contribution in [3.63, 3.8) is 0 Å². The second-order valence-corrected chi connectivity index (χ2v) is 7.64. The van der Waals surface area contributed by atoms with Gasteiger partial charge in [-0.25, -0.2) is 18.1 Å². The fourth-order valence-corrected chi connectivity index (χ4v) is 3.62. The molecule has 2 aromatic rings. The lowest BCUT2D eigenvalue weighted by atomic mass is 10.2. The van der Waals surface area contributed by atoms with E-state index in [1.54, 1.807) is 31.5 Å². The van der Waals surface area contributed by atoms with Crippen LogP contribution in [0.2, 0.25) is 0 Å². The van der Waals surface area contributed by atoms with Gasteiger partial charge in [0.1, 0.15) is 0 Å². The summed E-state index contributed by atoms with van der Waals surface area (Å²) in [6.45, 7) is 1.70. The van der Waals surface area contributed by atoms with Gasteiger partial charge in [0.25, 0.3) is 0 Å². The van der Waals surface area contributed by atoms with Crippen LogP contribution in [0.1, 0.15) is 5.56 Å². The van der Waals surface area contributed by atoms with Crippen LogP contribution in [0.3, 0.4) is 0 Å². The first-order valence-corrected chi connectivity index (χ1v) is 9.24. The highest BCUT2D eigenvalue weighted by molar-refractivity contribution is 7.99. The molecule has 1 aromatic carbocycles. The normalized spacial score (nSPS) is 11.4. The number of anilines is 1. The van der Waals surface area contributed by atoms with E-state index in [-0.39, 0.29) is 16.6 Å². The Balaban J connectivity index is 2.07. The molecule has 0 radical (unpaired) electrons. The van der Waals surface area contributed by atoms with Crippen LogP contribution in [0.15, 0.2) is 40.6 Å². The van der Waals surface area contributed by atoms with Crippen LogP contribution in [-0.4, -0.2) is 36.7 Å². The molecule has 0 unspecified atom stereocenters. The summed E-state index contributed by atoms with van der Waals surface area (Å²) in [6, 6.07) is 4.78. The van der Waals surface area contributed by atoms with Gasteiger partial charge in [-0.15, -0.1) is 0 Å². The number of hydrogen-bond acceptors (Lipinski definition) is 5. The molecule has 1 aromatic heterocycles. The Kier molecular flexibility index (Phi) is 5.45. The van der Waals surface area contributed by atoms with Crippen molar-refractivity contribution < 1.29 is 13.2 Å². The molecular weight excluding hydrogens is 336 g/mol. The lowest BCUT2D eigenvalue weighted by Gasteiger charge is -2.10. The molecule has 0 aliphatic rings. The van der Waals surface area contributed by atoms with Crippen LogP contribution in [0.25, 0.3) is 0 Å². The van der Waals surface area contributed by atoms with E-state index in [9.17, 15) is 13.2 Å².